The van der Waals surface area contributed by atoms with E-state index in [0.717, 1.165) is 19.5 Å². The maximum atomic E-state index is 6.11. The fraction of sp³-hybridized carbons (Fsp3) is 0.636. The number of hydrogen-bond acceptors (Lipinski definition) is 3. The molecule has 0 aliphatic rings. The molecule has 0 saturated carbocycles. The minimum Gasteiger partial charge on any atom is -0.324 e. The van der Waals surface area contributed by atoms with E-state index in [4.69, 9.17) is 5.73 Å². The molecule has 0 amide bonds. The zero-order valence-electron chi connectivity index (χ0n) is 9.29. The van der Waals surface area contributed by atoms with Crippen molar-refractivity contribution in [2.24, 2.45) is 5.73 Å². The molecule has 1 atom stereocenters. The van der Waals surface area contributed by atoms with Crippen LogP contribution < -0.4 is 5.73 Å². The van der Waals surface area contributed by atoms with Crippen molar-refractivity contribution < 1.29 is 0 Å². The second-order valence-electron chi connectivity index (χ2n) is 4.26. The monoisotopic (exact) mass is 212 g/mol. The van der Waals surface area contributed by atoms with E-state index in [-0.39, 0.29) is 5.54 Å². The molecule has 3 heteroatoms. The Morgan fingerprint density at radius 3 is 2.79 bits per heavy atom. The van der Waals surface area contributed by atoms with Crippen LogP contribution >= 0.6 is 11.3 Å². The molecule has 1 unspecified atom stereocenters. The van der Waals surface area contributed by atoms with Gasteiger partial charge in [0.05, 0.1) is 0 Å². The maximum absolute atomic E-state index is 6.11. The molecule has 0 fully saturated rings. The minimum atomic E-state index is -0.0635. The van der Waals surface area contributed by atoms with Crippen LogP contribution in [0.5, 0.6) is 0 Å². The zero-order chi connectivity index (χ0) is 10.6. The van der Waals surface area contributed by atoms with E-state index in [1.165, 1.54) is 4.88 Å². The molecular formula is C11H20N2S. The van der Waals surface area contributed by atoms with Gasteiger partial charge in [-0.3, -0.25) is 4.90 Å². The van der Waals surface area contributed by atoms with Crippen molar-refractivity contribution in [2.45, 2.75) is 32.4 Å². The van der Waals surface area contributed by atoms with Gasteiger partial charge in [-0.2, -0.15) is 0 Å². The number of thiophene rings is 1. The van der Waals surface area contributed by atoms with Crippen molar-refractivity contribution in [3.8, 4) is 0 Å². The molecule has 0 aromatic carbocycles. The van der Waals surface area contributed by atoms with Crippen molar-refractivity contribution in [2.75, 3.05) is 13.6 Å². The first kappa shape index (κ1) is 11.7. The Labute approximate surface area is 90.7 Å². The molecule has 2 nitrogen and oxygen atoms in total. The molecule has 14 heavy (non-hydrogen) atoms. The van der Waals surface area contributed by atoms with Crippen molar-refractivity contribution in [3.63, 3.8) is 0 Å². The summed E-state index contributed by atoms with van der Waals surface area (Å²) in [5, 5.41) is 2.12. The number of likely N-dealkylation sites (N-methyl/N-ethyl adjacent to an activating group) is 1. The first-order valence-electron chi connectivity index (χ1n) is 5.03. The van der Waals surface area contributed by atoms with Gasteiger partial charge in [0.25, 0.3) is 0 Å². The van der Waals surface area contributed by atoms with Gasteiger partial charge in [0.1, 0.15) is 0 Å². The number of nitrogens with zero attached hydrogens (tertiary/aromatic N) is 1. The standard InChI is InChI=1S/C11H20N2S/c1-4-11(2,12)9-13(3)8-10-6-5-7-14-10/h5-7H,4,8-9,12H2,1-3H3. The summed E-state index contributed by atoms with van der Waals surface area (Å²) in [7, 11) is 2.13. The van der Waals surface area contributed by atoms with Crippen LogP contribution in [0.1, 0.15) is 25.1 Å². The molecule has 0 spiro atoms. The Bertz CT molecular complexity index is 254. The largest absolute Gasteiger partial charge is 0.324 e. The average Bonchev–Trinajstić information content (AvgIpc) is 2.55. The van der Waals surface area contributed by atoms with E-state index in [1.54, 1.807) is 11.3 Å². The highest BCUT2D eigenvalue weighted by Crippen LogP contribution is 2.13. The zero-order valence-corrected chi connectivity index (χ0v) is 10.1. The number of nitrogens with two attached hydrogens (primary N) is 1. The van der Waals surface area contributed by atoms with Gasteiger partial charge in [-0.15, -0.1) is 11.3 Å². The second kappa shape index (κ2) is 4.91. The summed E-state index contributed by atoms with van der Waals surface area (Å²) in [5.41, 5.74) is 6.04. The molecule has 1 aromatic rings. The Hall–Kier alpha value is -0.380. The molecule has 0 aliphatic heterocycles. The Morgan fingerprint density at radius 2 is 2.29 bits per heavy atom. The van der Waals surface area contributed by atoms with Gasteiger partial charge in [0.2, 0.25) is 0 Å². The molecule has 80 valence electrons. The van der Waals surface area contributed by atoms with Crippen LogP contribution in [0.3, 0.4) is 0 Å². The predicted molar refractivity (Wildman–Crippen MR) is 63.5 cm³/mol. The molecule has 1 aromatic heterocycles. The van der Waals surface area contributed by atoms with Gasteiger partial charge >= 0.3 is 0 Å². The maximum Gasteiger partial charge on any atom is 0.0325 e. The third-order valence-electron chi connectivity index (χ3n) is 2.44. The van der Waals surface area contributed by atoms with Crippen molar-refractivity contribution in [3.05, 3.63) is 22.4 Å². The summed E-state index contributed by atoms with van der Waals surface area (Å²) in [6, 6.07) is 4.26. The highest BCUT2D eigenvalue weighted by molar-refractivity contribution is 7.09. The Kier molecular flexibility index (Phi) is 4.11. The Balaban J connectivity index is 2.40. The lowest BCUT2D eigenvalue weighted by Gasteiger charge is -2.28. The lowest BCUT2D eigenvalue weighted by molar-refractivity contribution is 0.248. The summed E-state index contributed by atoms with van der Waals surface area (Å²) in [6.45, 7) is 6.20. The lowest BCUT2D eigenvalue weighted by Crippen LogP contribution is -2.45. The molecular weight excluding hydrogens is 192 g/mol. The summed E-state index contributed by atoms with van der Waals surface area (Å²) >= 11 is 1.80. The summed E-state index contributed by atoms with van der Waals surface area (Å²) < 4.78 is 0. The van der Waals surface area contributed by atoms with Crippen LogP contribution in [0.15, 0.2) is 17.5 Å². The summed E-state index contributed by atoms with van der Waals surface area (Å²) in [4.78, 5) is 3.69. The van der Waals surface area contributed by atoms with Crippen LogP contribution in [0.2, 0.25) is 0 Å². The third-order valence-corrected chi connectivity index (χ3v) is 3.31. The van der Waals surface area contributed by atoms with E-state index in [1.807, 2.05) is 0 Å². The smallest absolute Gasteiger partial charge is 0.0325 e. The fourth-order valence-electron chi connectivity index (χ4n) is 1.45. The quantitative estimate of drug-likeness (QED) is 0.811. The summed E-state index contributed by atoms with van der Waals surface area (Å²) in [6.07, 6.45) is 1.02. The first-order chi connectivity index (χ1) is 6.53. The second-order valence-corrected chi connectivity index (χ2v) is 5.29. The van der Waals surface area contributed by atoms with Crippen molar-refractivity contribution in [1.29, 1.82) is 0 Å². The van der Waals surface area contributed by atoms with Gasteiger partial charge in [0, 0.05) is 23.5 Å². The highest BCUT2D eigenvalue weighted by atomic mass is 32.1. The normalized spacial score (nSPS) is 15.8. The van der Waals surface area contributed by atoms with Crippen LogP contribution in [-0.4, -0.2) is 24.0 Å². The lowest BCUT2D eigenvalue weighted by atomic mass is 10.0. The first-order valence-corrected chi connectivity index (χ1v) is 5.91. The average molecular weight is 212 g/mol. The van der Waals surface area contributed by atoms with Crippen molar-refractivity contribution >= 4 is 11.3 Å². The summed E-state index contributed by atoms with van der Waals surface area (Å²) in [5.74, 6) is 0. The van der Waals surface area contributed by atoms with Crippen LogP contribution in [-0.2, 0) is 6.54 Å². The van der Waals surface area contributed by atoms with Gasteiger partial charge in [0.15, 0.2) is 0 Å². The van der Waals surface area contributed by atoms with E-state index in [0.29, 0.717) is 0 Å². The predicted octanol–water partition coefficient (Wildman–Crippen LogP) is 2.31. The van der Waals surface area contributed by atoms with Gasteiger partial charge in [-0.05, 0) is 31.8 Å². The van der Waals surface area contributed by atoms with Crippen LogP contribution in [0.25, 0.3) is 0 Å². The van der Waals surface area contributed by atoms with Gasteiger partial charge in [-0.25, -0.2) is 0 Å². The number of rotatable bonds is 5. The minimum absolute atomic E-state index is 0.0635. The molecule has 1 heterocycles. The fourth-order valence-corrected chi connectivity index (χ4v) is 2.24. The molecule has 0 radical (unpaired) electrons. The van der Waals surface area contributed by atoms with E-state index in [9.17, 15) is 0 Å². The van der Waals surface area contributed by atoms with Gasteiger partial charge < -0.3 is 5.73 Å². The van der Waals surface area contributed by atoms with Gasteiger partial charge in [-0.1, -0.05) is 13.0 Å². The van der Waals surface area contributed by atoms with E-state index in [2.05, 4.69) is 43.3 Å². The molecule has 1 rings (SSSR count). The molecule has 0 bridgehead atoms. The van der Waals surface area contributed by atoms with Crippen LogP contribution in [0.4, 0.5) is 0 Å². The topological polar surface area (TPSA) is 29.3 Å². The van der Waals surface area contributed by atoms with Crippen LogP contribution in [0, 0.1) is 0 Å². The molecule has 0 aliphatic carbocycles. The Morgan fingerprint density at radius 1 is 1.57 bits per heavy atom. The number of hydrogen-bond donors (Lipinski definition) is 1. The van der Waals surface area contributed by atoms with E-state index < -0.39 is 0 Å². The van der Waals surface area contributed by atoms with Crippen molar-refractivity contribution in [1.82, 2.24) is 4.90 Å². The third kappa shape index (κ3) is 3.78. The highest BCUT2D eigenvalue weighted by Gasteiger charge is 2.17. The molecule has 0 saturated heterocycles. The molecule has 2 N–H and O–H groups in total. The van der Waals surface area contributed by atoms with E-state index >= 15 is 0 Å². The SMILES string of the molecule is CCC(C)(N)CN(C)Cc1cccs1.